The van der Waals surface area contributed by atoms with Gasteiger partial charge in [0.15, 0.2) is 0 Å². The Hall–Kier alpha value is -2.79. The highest BCUT2D eigenvalue weighted by Gasteiger charge is 2.22. The van der Waals surface area contributed by atoms with Crippen molar-refractivity contribution in [1.29, 1.82) is 0 Å². The third-order valence-electron chi connectivity index (χ3n) is 3.75. The fourth-order valence-electron chi connectivity index (χ4n) is 2.45. The number of methoxy groups -OCH3 is 1. The van der Waals surface area contributed by atoms with E-state index < -0.39 is 5.25 Å². The molecule has 0 aromatic heterocycles. The Morgan fingerprint density at radius 2 is 1.73 bits per heavy atom. The lowest BCUT2D eigenvalue weighted by atomic mass is 10.1. The SMILES string of the molecule is COc1cccc(SC(C(=O)Nc2ccc(F)cc2)c2ccccc2)c1. The van der Waals surface area contributed by atoms with Crippen LogP contribution in [-0.2, 0) is 4.79 Å². The van der Waals surface area contributed by atoms with E-state index in [0.717, 1.165) is 16.2 Å². The maximum Gasteiger partial charge on any atom is 0.242 e. The quantitative estimate of drug-likeness (QED) is 0.600. The monoisotopic (exact) mass is 367 g/mol. The molecule has 1 atom stereocenters. The van der Waals surface area contributed by atoms with Gasteiger partial charge < -0.3 is 10.1 Å². The fraction of sp³-hybridized carbons (Fsp3) is 0.0952. The molecule has 0 spiro atoms. The smallest absolute Gasteiger partial charge is 0.242 e. The summed E-state index contributed by atoms with van der Waals surface area (Å²) in [5, 5.41) is 2.41. The van der Waals surface area contributed by atoms with Crippen LogP contribution in [0.15, 0.2) is 83.8 Å². The molecule has 0 radical (unpaired) electrons. The largest absolute Gasteiger partial charge is 0.497 e. The van der Waals surface area contributed by atoms with Crippen molar-refractivity contribution in [1.82, 2.24) is 0 Å². The molecule has 1 N–H and O–H groups in total. The van der Waals surface area contributed by atoms with Crippen molar-refractivity contribution in [3.63, 3.8) is 0 Å². The summed E-state index contributed by atoms with van der Waals surface area (Å²) >= 11 is 1.44. The van der Waals surface area contributed by atoms with E-state index in [2.05, 4.69) is 5.32 Å². The van der Waals surface area contributed by atoms with Crippen LogP contribution in [0, 0.1) is 5.82 Å². The van der Waals surface area contributed by atoms with Gasteiger partial charge in [0.25, 0.3) is 0 Å². The molecule has 1 unspecified atom stereocenters. The van der Waals surface area contributed by atoms with E-state index in [4.69, 9.17) is 4.74 Å². The van der Waals surface area contributed by atoms with Crippen molar-refractivity contribution in [3.8, 4) is 5.75 Å². The van der Waals surface area contributed by atoms with Crippen LogP contribution in [0.25, 0.3) is 0 Å². The lowest BCUT2D eigenvalue weighted by Crippen LogP contribution is -2.19. The highest BCUT2D eigenvalue weighted by atomic mass is 32.2. The number of rotatable bonds is 6. The number of thioether (sulfide) groups is 1. The van der Waals surface area contributed by atoms with Gasteiger partial charge in [0, 0.05) is 10.6 Å². The second kappa shape index (κ2) is 8.54. The minimum absolute atomic E-state index is 0.171. The van der Waals surface area contributed by atoms with Gasteiger partial charge >= 0.3 is 0 Å². The lowest BCUT2D eigenvalue weighted by Gasteiger charge is -2.17. The maximum absolute atomic E-state index is 13.1. The molecule has 5 heteroatoms. The molecule has 3 nitrogen and oxygen atoms in total. The lowest BCUT2D eigenvalue weighted by molar-refractivity contribution is -0.115. The Morgan fingerprint density at radius 3 is 2.42 bits per heavy atom. The summed E-state index contributed by atoms with van der Waals surface area (Å²) in [5.74, 6) is 0.227. The first-order chi connectivity index (χ1) is 12.7. The Kier molecular flexibility index (Phi) is 5.92. The third kappa shape index (κ3) is 4.64. The summed E-state index contributed by atoms with van der Waals surface area (Å²) in [4.78, 5) is 13.8. The summed E-state index contributed by atoms with van der Waals surface area (Å²) in [6.45, 7) is 0. The van der Waals surface area contributed by atoms with Crippen LogP contribution < -0.4 is 10.1 Å². The zero-order valence-electron chi connectivity index (χ0n) is 14.2. The number of ether oxygens (including phenoxy) is 1. The van der Waals surface area contributed by atoms with E-state index in [1.54, 1.807) is 19.2 Å². The zero-order valence-corrected chi connectivity index (χ0v) is 15.0. The van der Waals surface area contributed by atoms with E-state index in [9.17, 15) is 9.18 Å². The highest BCUT2D eigenvalue weighted by Crippen LogP contribution is 2.37. The molecule has 3 rings (SSSR count). The summed E-state index contributed by atoms with van der Waals surface area (Å²) < 4.78 is 18.3. The van der Waals surface area contributed by atoms with Gasteiger partial charge in [-0.1, -0.05) is 36.4 Å². The molecule has 26 heavy (non-hydrogen) atoms. The predicted octanol–water partition coefficient (Wildman–Crippen LogP) is 5.31. The standard InChI is InChI=1S/C21H18FNO2S/c1-25-18-8-5-9-19(14-18)26-20(15-6-3-2-4-7-15)21(24)23-17-12-10-16(22)11-13-17/h2-14,20H,1H3,(H,23,24). The van der Waals surface area contributed by atoms with Gasteiger partial charge in [-0.15, -0.1) is 11.8 Å². The Bertz CT molecular complexity index is 869. The van der Waals surface area contributed by atoms with E-state index in [1.807, 2.05) is 54.6 Å². The van der Waals surface area contributed by atoms with Crippen molar-refractivity contribution < 1.29 is 13.9 Å². The first-order valence-corrected chi connectivity index (χ1v) is 8.96. The molecule has 0 saturated heterocycles. The van der Waals surface area contributed by atoms with Gasteiger partial charge in [-0.05, 0) is 48.0 Å². The average molecular weight is 367 g/mol. The second-order valence-corrected chi connectivity index (χ2v) is 6.76. The van der Waals surface area contributed by atoms with Gasteiger partial charge in [-0.25, -0.2) is 4.39 Å². The average Bonchev–Trinajstić information content (AvgIpc) is 2.68. The number of hydrogen-bond donors (Lipinski definition) is 1. The molecular formula is C21H18FNO2S. The van der Waals surface area contributed by atoms with Crippen molar-refractivity contribution in [3.05, 3.63) is 90.2 Å². The maximum atomic E-state index is 13.1. The molecule has 132 valence electrons. The van der Waals surface area contributed by atoms with Crippen molar-refractivity contribution in [2.75, 3.05) is 12.4 Å². The van der Waals surface area contributed by atoms with E-state index in [1.165, 1.54) is 23.9 Å². The summed E-state index contributed by atoms with van der Waals surface area (Å²) in [6, 6.07) is 22.9. The topological polar surface area (TPSA) is 38.3 Å². The molecule has 0 saturated carbocycles. The number of halogens is 1. The molecule has 3 aromatic carbocycles. The zero-order chi connectivity index (χ0) is 18.4. The van der Waals surface area contributed by atoms with Gasteiger partial charge in [0.1, 0.15) is 16.8 Å². The van der Waals surface area contributed by atoms with Crippen LogP contribution in [0.5, 0.6) is 5.75 Å². The molecule has 0 aliphatic heterocycles. The molecule has 0 aliphatic carbocycles. The number of carbonyl (C=O) groups excluding carboxylic acids is 1. The van der Waals surface area contributed by atoms with Crippen LogP contribution in [0.2, 0.25) is 0 Å². The highest BCUT2D eigenvalue weighted by molar-refractivity contribution is 8.00. The normalized spacial score (nSPS) is 11.6. The molecule has 0 fully saturated rings. The number of benzene rings is 3. The fourth-order valence-corrected chi connectivity index (χ4v) is 3.53. The van der Waals surface area contributed by atoms with Gasteiger partial charge in [0.2, 0.25) is 5.91 Å². The molecule has 0 bridgehead atoms. The minimum atomic E-state index is -0.451. The summed E-state index contributed by atoms with van der Waals surface area (Å²) in [6.07, 6.45) is 0. The molecule has 0 aliphatic rings. The van der Waals surface area contributed by atoms with E-state index in [-0.39, 0.29) is 11.7 Å². The van der Waals surface area contributed by atoms with Gasteiger partial charge in [-0.3, -0.25) is 4.79 Å². The van der Waals surface area contributed by atoms with Crippen LogP contribution in [0.3, 0.4) is 0 Å². The molecule has 3 aromatic rings. The molecular weight excluding hydrogens is 349 g/mol. The second-order valence-electron chi connectivity index (χ2n) is 5.58. The molecule has 0 heterocycles. The first kappa shape index (κ1) is 18.0. The Labute approximate surface area is 156 Å². The minimum Gasteiger partial charge on any atom is -0.497 e. The summed E-state index contributed by atoms with van der Waals surface area (Å²) in [5.41, 5.74) is 1.45. The number of carbonyl (C=O) groups is 1. The van der Waals surface area contributed by atoms with Gasteiger partial charge in [0.05, 0.1) is 7.11 Å². The van der Waals surface area contributed by atoms with Crippen LogP contribution in [0.4, 0.5) is 10.1 Å². The van der Waals surface area contributed by atoms with Crippen molar-refractivity contribution in [2.24, 2.45) is 0 Å². The van der Waals surface area contributed by atoms with Crippen molar-refractivity contribution >= 4 is 23.4 Å². The van der Waals surface area contributed by atoms with E-state index >= 15 is 0 Å². The number of amides is 1. The predicted molar refractivity (Wildman–Crippen MR) is 103 cm³/mol. The number of nitrogens with one attached hydrogen (secondary N) is 1. The van der Waals surface area contributed by atoms with Crippen LogP contribution in [-0.4, -0.2) is 13.0 Å². The van der Waals surface area contributed by atoms with Crippen LogP contribution >= 0.6 is 11.8 Å². The van der Waals surface area contributed by atoms with E-state index in [0.29, 0.717) is 5.69 Å². The van der Waals surface area contributed by atoms with Gasteiger partial charge in [-0.2, -0.15) is 0 Å². The third-order valence-corrected chi connectivity index (χ3v) is 5.00. The first-order valence-electron chi connectivity index (χ1n) is 8.08. The molecule has 1 amide bonds. The Morgan fingerprint density at radius 1 is 1.00 bits per heavy atom. The Balaban J connectivity index is 1.85. The number of hydrogen-bond acceptors (Lipinski definition) is 3. The van der Waals surface area contributed by atoms with Crippen molar-refractivity contribution in [2.45, 2.75) is 10.1 Å². The van der Waals surface area contributed by atoms with Crippen LogP contribution in [0.1, 0.15) is 10.8 Å². The number of anilines is 1. The summed E-state index contributed by atoms with van der Waals surface area (Å²) in [7, 11) is 1.61.